The van der Waals surface area contributed by atoms with Crippen molar-refractivity contribution in [2.45, 2.75) is 19.8 Å². The number of aldehydes is 1. The van der Waals surface area contributed by atoms with Crippen LogP contribution in [0.5, 0.6) is 0 Å². The molecular formula is C16H17N3O. The Labute approximate surface area is 117 Å². The monoisotopic (exact) mass is 267 g/mol. The molecular weight excluding hydrogens is 250 g/mol. The van der Waals surface area contributed by atoms with Gasteiger partial charge < -0.3 is 9.55 Å². The summed E-state index contributed by atoms with van der Waals surface area (Å²) in [4.78, 5) is 18.9. The van der Waals surface area contributed by atoms with Crippen LogP contribution in [0.3, 0.4) is 0 Å². The second-order valence-corrected chi connectivity index (χ2v) is 5.03. The number of aromatic amines is 1. The third-order valence-corrected chi connectivity index (χ3v) is 3.86. The summed E-state index contributed by atoms with van der Waals surface area (Å²) in [7, 11) is 1.88. The number of H-pyrrole nitrogens is 1. The van der Waals surface area contributed by atoms with Crippen molar-refractivity contribution in [1.82, 2.24) is 14.5 Å². The average Bonchev–Trinajstić information content (AvgIpc) is 2.99. The highest BCUT2D eigenvalue weighted by atomic mass is 16.1. The van der Waals surface area contributed by atoms with E-state index in [4.69, 9.17) is 0 Å². The van der Waals surface area contributed by atoms with E-state index in [1.807, 2.05) is 36.9 Å². The van der Waals surface area contributed by atoms with Crippen LogP contribution in [0.1, 0.15) is 27.6 Å². The summed E-state index contributed by atoms with van der Waals surface area (Å²) in [6, 6.07) is 8.25. The van der Waals surface area contributed by atoms with Crippen LogP contribution in [0.2, 0.25) is 0 Å². The third-order valence-electron chi connectivity index (χ3n) is 3.86. The van der Waals surface area contributed by atoms with Crippen LogP contribution in [0.25, 0.3) is 10.9 Å². The van der Waals surface area contributed by atoms with E-state index in [1.54, 1.807) is 0 Å². The first-order valence-electron chi connectivity index (χ1n) is 6.73. The second kappa shape index (κ2) is 4.96. The average molecular weight is 267 g/mol. The molecule has 0 aliphatic heterocycles. The highest BCUT2D eigenvalue weighted by molar-refractivity contribution is 5.83. The zero-order valence-electron chi connectivity index (χ0n) is 11.7. The molecule has 0 saturated heterocycles. The van der Waals surface area contributed by atoms with E-state index in [0.717, 1.165) is 36.2 Å². The molecule has 0 amide bonds. The number of fused-ring (bicyclic) bond motifs is 1. The van der Waals surface area contributed by atoms with Crippen LogP contribution in [0.4, 0.5) is 0 Å². The van der Waals surface area contributed by atoms with Gasteiger partial charge in [-0.15, -0.1) is 0 Å². The Kier molecular flexibility index (Phi) is 3.14. The Bertz CT molecular complexity index is 767. The summed E-state index contributed by atoms with van der Waals surface area (Å²) in [5, 5.41) is 1.24. The molecule has 0 bridgehead atoms. The van der Waals surface area contributed by atoms with Gasteiger partial charge in [0.2, 0.25) is 0 Å². The predicted molar refractivity (Wildman–Crippen MR) is 79.0 cm³/mol. The molecule has 0 radical (unpaired) electrons. The van der Waals surface area contributed by atoms with Gasteiger partial charge in [0.25, 0.3) is 0 Å². The van der Waals surface area contributed by atoms with E-state index in [0.29, 0.717) is 5.69 Å². The topological polar surface area (TPSA) is 50.7 Å². The number of carbonyl (C=O) groups is 1. The molecule has 0 aliphatic rings. The highest BCUT2D eigenvalue weighted by Crippen LogP contribution is 2.20. The first-order chi connectivity index (χ1) is 9.70. The van der Waals surface area contributed by atoms with E-state index in [-0.39, 0.29) is 0 Å². The third kappa shape index (κ3) is 2.03. The zero-order chi connectivity index (χ0) is 14.1. The molecule has 2 aromatic heterocycles. The van der Waals surface area contributed by atoms with E-state index in [1.165, 1.54) is 10.9 Å². The molecule has 0 unspecified atom stereocenters. The van der Waals surface area contributed by atoms with Crippen molar-refractivity contribution in [3.05, 3.63) is 53.2 Å². The molecule has 3 aromatic rings. The number of hydrogen-bond acceptors (Lipinski definition) is 2. The van der Waals surface area contributed by atoms with Crippen LogP contribution in [-0.4, -0.2) is 20.8 Å². The highest BCUT2D eigenvalue weighted by Gasteiger charge is 2.12. The number of para-hydroxylation sites is 1. The fourth-order valence-electron chi connectivity index (χ4n) is 2.62. The van der Waals surface area contributed by atoms with Crippen LogP contribution < -0.4 is 0 Å². The molecule has 102 valence electrons. The summed E-state index contributed by atoms with van der Waals surface area (Å²) >= 11 is 0. The SMILES string of the molecule is Cc1nc(CCc2c[nH]c3ccccc23)c(C=O)n1C. The first kappa shape index (κ1) is 12.7. The van der Waals surface area contributed by atoms with Crippen molar-refractivity contribution in [2.24, 2.45) is 7.05 Å². The number of imidazole rings is 1. The summed E-state index contributed by atoms with van der Waals surface area (Å²) in [5.74, 6) is 0.876. The number of aryl methyl sites for hydroxylation is 3. The molecule has 0 fully saturated rings. The fraction of sp³-hybridized carbons (Fsp3) is 0.250. The lowest BCUT2D eigenvalue weighted by Gasteiger charge is -2.00. The summed E-state index contributed by atoms with van der Waals surface area (Å²) in [5.41, 5.74) is 3.98. The summed E-state index contributed by atoms with van der Waals surface area (Å²) in [6.45, 7) is 1.92. The maximum absolute atomic E-state index is 11.2. The van der Waals surface area contributed by atoms with Crippen molar-refractivity contribution in [3.63, 3.8) is 0 Å². The minimum Gasteiger partial charge on any atom is -0.361 e. The van der Waals surface area contributed by atoms with Crippen molar-refractivity contribution >= 4 is 17.2 Å². The number of hydrogen-bond donors (Lipinski definition) is 1. The molecule has 20 heavy (non-hydrogen) atoms. The number of nitrogens with zero attached hydrogens (tertiary/aromatic N) is 2. The van der Waals surface area contributed by atoms with E-state index in [9.17, 15) is 4.79 Å². The second-order valence-electron chi connectivity index (χ2n) is 5.03. The Balaban J connectivity index is 1.86. The van der Waals surface area contributed by atoms with Gasteiger partial charge in [-0.1, -0.05) is 18.2 Å². The molecule has 4 heteroatoms. The maximum Gasteiger partial charge on any atom is 0.168 e. The van der Waals surface area contributed by atoms with Crippen molar-refractivity contribution < 1.29 is 4.79 Å². The molecule has 4 nitrogen and oxygen atoms in total. The minimum absolute atomic E-state index is 0.683. The molecule has 1 aromatic carbocycles. The molecule has 0 saturated carbocycles. The van der Waals surface area contributed by atoms with E-state index < -0.39 is 0 Å². The van der Waals surface area contributed by atoms with Gasteiger partial charge >= 0.3 is 0 Å². The maximum atomic E-state index is 11.2. The van der Waals surface area contributed by atoms with Crippen LogP contribution in [0, 0.1) is 6.92 Å². The Hall–Kier alpha value is -2.36. The van der Waals surface area contributed by atoms with Gasteiger partial charge in [0, 0.05) is 24.1 Å². The zero-order valence-corrected chi connectivity index (χ0v) is 11.7. The number of rotatable bonds is 4. The molecule has 0 atom stereocenters. The van der Waals surface area contributed by atoms with Gasteiger partial charge in [-0.05, 0) is 31.4 Å². The number of nitrogens with one attached hydrogen (secondary N) is 1. The largest absolute Gasteiger partial charge is 0.361 e. The van der Waals surface area contributed by atoms with Gasteiger partial charge in [-0.3, -0.25) is 4.79 Å². The Morgan fingerprint density at radius 3 is 2.90 bits per heavy atom. The Morgan fingerprint density at radius 1 is 1.30 bits per heavy atom. The number of benzene rings is 1. The number of aromatic nitrogens is 3. The van der Waals surface area contributed by atoms with Gasteiger partial charge in [-0.2, -0.15) is 0 Å². The lowest BCUT2D eigenvalue weighted by molar-refractivity contribution is 0.111. The minimum atomic E-state index is 0.683. The van der Waals surface area contributed by atoms with Gasteiger partial charge in [0.05, 0.1) is 5.69 Å². The van der Waals surface area contributed by atoms with Crippen molar-refractivity contribution in [3.8, 4) is 0 Å². The van der Waals surface area contributed by atoms with Crippen molar-refractivity contribution in [1.29, 1.82) is 0 Å². The Morgan fingerprint density at radius 2 is 2.10 bits per heavy atom. The van der Waals surface area contributed by atoms with E-state index in [2.05, 4.69) is 22.1 Å². The fourth-order valence-corrected chi connectivity index (χ4v) is 2.62. The summed E-state index contributed by atoms with van der Waals surface area (Å²) in [6.07, 6.45) is 4.59. The standard InChI is InChI=1S/C16H17N3O/c1-11-18-15(16(10-20)19(11)2)8-7-12-9-17-14-6-4-3-5-13(12)14/h3-6,9-10,17H,7-8H2,1-2H3. The molecule has 2 heterocycles. The smallest absolute Gasteiger partial charge is 0.168 e. The van der Waals surface area contributed by atoms with Gasteiger partial charge in [0.1, 0.15) is 11.5 Å². The molecule has 0 spiro atoms. The predicted octanol–water partition coefficient (Wildman–Crippen LogP) is 2.81. The molecule has 3 rings (SSSR count). The quantitative estimate of drug-likeness (QED) is 0.739. The van der Waals surface area contributed by atoms with Crippen LogP contribution in [0.15, 0.2) is 30.5 Å². The molecule has 1 N–H and O–H groups in total. The van der Waals surface area contributed by atoms with E-state index >= 15 is 0 Å². The lowest BCUT2D eigenvalue weighted by Crippen LogP contribution is -2.00. The normalized spacial score (nSPS) is 11.1. The molecule has 0 aliphatic carbocycles. The van der Waals surface area contributed by atoms with Gasteiger partial charge in [-0.25, -0.2) is 4.98 Å². The van der Waals surface area contributed by atoms with Gasteiger partial charge in [0.15, 0.2) is 6.29 Å². The summed E-state index contributed by atoms with van der Waals surface area (Å²) < 4.78 is 1.84. The van der Waals surface area contributed by atoms with Crippen molar-refractivity contribution in [2.75, 3.05) is 0 Å². The number of carbonyl (C=O) groups excluding carboxylic acids is 1. The first-order valence-corrected chi connectivity index (χ1v) is 6.73. The van der Waals surface area contributed by atoms with Crippen LogP contribution in [-0.2, 0) is 19.9 Å². The lowest BCUT2D eigenvalue weighted by atomic mass is 10.1. The van der Waals surface area contributed by atoms with Crippen LogP contribution >= 0.6 is 0 Å².